The summed E-state index contributed by atoms with van der Waals surface area (Å²) < 4.78 is 1.01. The summed E-state index contributed by atoms with van der Waals surface area (Å²) in [5, 5.41) is 11.0. The molecule has 1 aliphatic heterocycles. The fourth-order valence-corrected chi connectivity index (χ4v) is 4.49. The summed E-state index contributed by atoms with van der Waals surface area (Å²) in [6.45, 7) is 2.05. The largest absolute Gasteiger partial charge is 0.269 e. The molecule has 1 heterocycles. The van der Waals surface area contributed by atoms with Crippen LogP contribution in [0.15, 0.2) is 53.5 Å². The lowest BCUT2D eigenvalue weighted by Crippen LogP contribution is -1.99. The van der Waals surface area contributed by atoms with Gasteiger partial charge in [0.05, 0.1) is 10.6 Å². The number of benzene rings is 2. The van der Waals surface area contributed by atoms with Gasteiger partial charge in [0.1, 0.15) is 4.38 Å². The second-order valence-electron chi connectivity index (χ2n) is 4.91. The number of hydrogen-bond acceptors (Lipinski definition) is 5. The lowest BCUT2D eigenvalue weighted by Gasteiger charge is -2.17. The van der Waals surface area contributed by atoms with Crippen LogP contribution in [0, 0.1) is 10.1 Å². The van der Waals surface area contributed by atoms with E-state index < -0.39 is 0 Å². The molecule has 0 amide bonds. The molecule has 0 radical (unpaired) electrons. The molecule has 4 nitrogen and oxygen atoms in total. The number of non-ortho nitro benzene ring substituents is 1. The molecule has 2 aromatic rings. The summed E-state index contributed by atoms with van der Waals surface area (Å²) in [5.74, 6) is 0.920. The van der Waals surface area contributed by atoms with Gasteiger partial charge in [-0.25, -0.2) is 4.99 Å². The molecule has 1 atom stereocenters. The molecule has 0 spiro atoms. The summed E-state index contributed by atoms with van der Waals surface area (Å²) in [6, 6.07) is 14.9. The van der Waals surface area contributed by atoms with Crippen LogP contribution in [0.1, 0.15) is 23.3 Å². The van der Waals surface area contributed by atoms with Gasteiger partial charge in [-0.3, -0.25) is 10.1 Å². The van der Waals surface area contributed by atoms with Crippen LogP contribution in [0.4, 0.5) is 11.4 Å². The first-order valence-corrected chi connectivity index (χ1v) is 8.70. The molecule has 22 heavy (non-hydrogen) atoms. The number of nitro groups is 1. The fourth-order valence-electron chi connectivity index (χ4n) is 2.18. The number of rotatable bonds is 3. The van der Waals surface area contributed by atoms with E-state index in [0.717, 1.165) is 21.4 Å². The monoisotopic (exact) mass is 330 g/mol. The summed E-state index contributed by atoms with van der Waals surface area (Å²) in [5.41, 5.74) is 3.35. The van der Waals surface area contributed by atoms with E-state index in [2.05, 4.69) is 11.1 Å². The van der Waals surface area contributed by atoms with Crippen molar-refractivity contribution in [2.75, 3.05) is 0 Å². The van der Waals surface area contributed by atoms with Gasteiger partial charge >= 0.3 is 0 Å². The molecule has 112 valence electrons. The van der Waals surface area contributed by atoms with Crippen LogP contribution >= 0.6 is 23.5 Å². The van der Waals surface area contributed by atoms with Gasteiger partial charge in [0, 0.05) is 23.1 Å². The number of aliphatic imine (C=N–C) groups is 1. The van der Waals surface area contributed by atoms with Crippen molar-refractivity contribution in [2.24, 2.45) is 4.99 Å². The van der Waals surface area contributed by atoms with Crippen LogP contribution in [0.5, 0.6) is 0 Å². The highest BCUT2D eigenvalue weighted by molar-refractivity contribution is 8.38. The van der Waals surface area contributed by atoms with Crippen molar-refractivity contribution < 1.29 is 4.92 Å². The number of nitro benzene ring substituents is 1. The first kappa shape index (κ1) is 15.1. The van der Waals surface area contributed by atoms with Crippen molar-refractivity contribution in [2.45, 2.75) is 17.9 Å². The van der Waals surface area contributed by atoms with Gasteiger partial charge in [-0.1, -0.05) is 53.9 Å². The fraction of sp³-hybridized carbons (Fsp3) is 0.188. The van der Waals surface area contributed by atoms with E-state index >= 15 is 0 Å². The Bertz CT molecular complexity index is 746. The quantitative estimate of drug-likeness (QED) is 0.564. The van der Waals surface area contributed by atoms with Gasteiger partial charge in [0.25, 0.3) is 5.69 Å². The predicted molar refractivity (Wildman–Crippen MR) is 93.9 cm³/mol. The third-order valence-corrected chi connectivity index (χ3v) is 5.74. The number of thioether (sulfide) groups is 2. The Morgan fingerprint density at radius 2 is 2.09 bits per heavy atom. The van der Waals surface area contributed by atoms with Crippen LogP contribution in [0.2, 0.25) is 0 Å². The minimum Gasteiger partial charge on any atom is -0.258 e. The lowest BCUT2D eigenvalue weighted by molar-refractivity contribution is -0.384. The molecule has 0 N–H and O–H groups in total. The summed E-state index contributed by atoms with van der Waals surface area (Å²) >= 11 is 3.37. The van der Waals surface area contributed by atoms with E-state index in [1.165, 1.54) is 11.6 Å². The molecule has 2 aromatic carbocycles. The van der Waals surface area contributed by atoms with Crippen LogP contribution in [-0.4, -0.2) is 9.30 Å². The number of hydrogen-bond donors (Lipinski definition) is 0. The molecule has 0 fully saturated rings. The highest BCUT2D eigenvalue weighted by Crippen LogP contribution is 2.40. The topological polar surface area (TPSA) is 55.5 Å². The zero-order valence-corrected chi connectivity index (χ0v) is 13.6. The number of para-hydroxylation sites is 1. The molecule has 0 aromatic heterocycles. The third kappa shape index (κ3) is 3.34. The molecule has 0 saturated heterocycles. The van der Waals surface area contributed by atoms with Gasteiger partial charge in [0.15, 0.2) is 0 Å². The maximum Gasteiger partial charge on any atom is 0.269 e. The van der Waals surface area contributed by atoms with E-state index in [-0.39, 0.29) is 15.9 Å². The number of fused-ring (bicyclic) bond motifs is 1. The summed E-state index contributed by atoms with van der Waals surface area (Å²) in [6.07, 6.45) is 0. The highest BCUT2D eigenvalue weighted by Gasteiger charge is 2.17. The van der Waals surface area contributed by atoms with Crippen LogP contribution in [-0.2, 0) is 5.75 Å². The number of nitrogens with zero attached hydrogens (tertiary/aromatic N) is 2. The Morgan fingerprint density at radius 3 is 2.91 bits per heavy atom. The molecule has 3 rings (SSSR count). The average Bonchev–Trinajstić information content (AvgIpc) is 2.55. The van der Waals surface area contributed by atoms with E-state index in [1.54, 1.807) is 35.7 Å². The minimum atomic E-state index is -0.357. The lowest BCUT2D eigenvalue weighted by atomic mass is 10.1. The molecule has 0 saturated carbocycles. The van der Waals surface area contributed by atoms with Crippen molar-refractivity contribution in [1.82, 2.24) is 0 Å². The van der Waals surface area contributed by atoms with Crippen molar-refractivity contribution in [3.05, 3.63) is 69.8 Å². The predicted octanol–water partition coefficient (Wildman–Crippen LogP) is 5.32. The van der Waals surface area contributed by atoms with Crippen molar-refractivity contribution >= 4 is 39.3 Å². The van der Waals surface area contributed by atoms with Gasteiger partial charge in [0.2, 0.25) is 0 Å². The average molecular weight is 330 g/mol. The normalized spacial score (nSPS) is 14.9. The molecular formula is C16H14N2O2S2. The van der Waals surface area contributed by atoms with E-state index in [4.69, 9.17) is 0 Å². The zero-order chi connectivity index (χ0) is 15.5. The molecule has 1 unspecified atom stereocenters. The Labute approximate surface area is 137 Å². The van der Waals surface area contributed by atoms with Crippen LogP contribution in [0.25, 0.3) is 0 Å². The molecule has 0 aliphatic carbocycles. The standard InChI is InChI=1S/C16H14N2O2S2/c1-11(12-6-4-7-14(9-12)18(19)20)22-16-17-15-8-3-2-5-13(15)10-21-16/h2-9,11H,10H2,1H3. The van der Waals surface area contributed by atoms with E-state index in [9.17, 15) is 10.1 Å². The minimum absolute atomic E-state index is 0.122. The van der Waals surface area contributed by atoms with Crippen molar-refractivity contribution in [3.63, 3.8) is 0 Å². The van der Waals surface area contributed by atoms with Gasteiger partial charge in [-0.05, 0) is 24.1 Å². The van der Waals surface area contributed by atoms with E-state index in [0.29, 0.717) is 0 Å². The summed E-state index contributed by atoms with van der Waals surface area (Å²) in [7, 11) is 0. The second-order valence-corrected chi connectivity index (χ2v) is 7.46. The molecule has 0 bridgehead atoms. The third-order valence-electron chi connectivity index (χ3n) is 3.38. The van der Waals surface area contributed by atoms with Gasteiger partial charge < -0.3 is 0 Å². The first-order valence-electron chi connectivity index (χ1n) is 6.84. The van der Waals surface area contributed by atoms with Crippen LogP contribution in [0.3, 0.4) is 0 Å². The summed E-state index contributed by atoms with van der Waals surface area (Å²) in [4.78, 5) is 15.2. The Balaban J connectivity index is 1.78. The first-order chi connectivity index (χ1) is 10.6. The Morgan fingerprint density at radius 1 is 1.27 bits per heavy atom. The highest BCUT2D eigenvalue weighted by atomic mass is 32.2. The van der Waals surface area contributed by atoms with Crippen molar-refractivity contribution in [1.29, 1.82) is 0 Å². The maximum absolute atomic E-state index is 10.9. The van der Waals surface area contributed by atoms with Crippen LogP contribution < -0.4 is 0 Å². The van der Waals surface area contributed by atoms with Crippen molar-refractivity contribution in [3.8, 4) is 0 Å². The maximum atomic E-state index is 10.9. The zero-order valence-electron chi connectivity index (χ0n) is 11.9. The smallest absolute Gasteiger partial charge is 0.258 e. The SMILES string of the molecule is CC(SC1=Nc2ccccc2CS1)c1cccc([N+](=O)[O-])c1. The van der Waals surface area contributed by atoms with Gasteiger partial charge in [-0.2, -0.15) is 0 Å². The second kappa shape index (κ2) is 6.54. The molecular weight excluding hydrogens is 316 g/mol. The van der Waals surface area contributed by atoms with E-state index in [1.807, 2.05) is 31.2 Å². The van der Waals surface area contributed by atoms with Gasteiger partial charge in [-0.15, -0.1) is 0 Å². The Hall–Kier alpha value is -1.79. The molecule has 1 aliphatic rings. The Kier molecular flexibility index (Phi) is 4.49. The molecule has 6 heteroatoms.